The van der Waals surface area contributed by atoms with Crippen molar-refractivity contribution in [2.24, 2.45) is 5.41 Å². The van der Waals surface area contributed by atoms with Gasteiger partial charge in [-0.25, -0.2) is 9.37 Å². The van der Waals surface area contributed by atoms with Crippen LogP contribution in [-0.4, -0.2) is 28.9 Å². The Hall–Kier alpha value is -1.16. The van der Waals surface area contributed by atoms with Crippen LogP contribution < -0.4 is 0 Å². The summed E-state index contributed by atoms with van der Waals surface area (Å²) in [7, 11) is 0. The van der Waals surface area contributed by atoms with Crippen molar-refractivity contribution >= 4 is 17.5 Å². The zero-order valence-electron chi connectivity index (χ0n) is 11.2. The molecule has 1 saturated heterocycles. The fraction of sp³-hybridized carbons (Fsp3) is 0.571. The molecule has 0 aliphatic carbocycles. The zero-order chi connectivity index (χ0) is 14.0. The predicted octanol–water partition coefficient (Wildman–Crippen LogP) is 3.53. The maximum atomic E-state index is 13.2. The number of aromatic nitrogens is 1. The second-order valence-corrected chi connectivity index (χ2v) is 5.81. The number of halogens is 2. The van der Waals surface area contributed by atoms with Gasteiger partial charge in [0.1, 0.15) is 11.0 Å². The van der Waals surface area contributed by atoms with Crippen LogP contribution in [0.1, 0.15) is 43.5 Å². The Bertz CT molecular complexity index is 484. The van der Waals surface area contributed by atoms with Gasteiger partial charge in [0.15, 0.2) is 0 Å². The molecule has 0 saturated carbocycles. The summed E-state index contributed by atoms with van der Waals surface area (Å²) in [4.78, 5) is 17.7. The molecular weight excluding hydrogens is 267 g/mol. The molecule has 1 amide bonds. The van der Waals surface area contributed by atoms with E-state index in [4.69, 9.17) is 11.6 Å². The van der Waals surface area contributed by atoms with E-state index >= 15 is 0 Å². The van der Waals surface area contributed by atoms with E-state index in [0.29, 0.717) is 18.5 Å². The number of carbonyl (C=O) groups is 1. The van der Waals surface area contributed by atoms with Gasteiger partial charge in [-0.15, -0.1) is 0 Å². The molecule has 0 aromatic carbocycles. The van der Waals surface area contributed by atoms with Crippen LogP contribution in [0, 0.1) is 11.2 Å². The largest absolute Gasteiger partial charge is 0.339 e. The van der Waals surface area contributed by atoms with E-state index in [0.717, 1.165) is 31.5 Å². The van der Waals surface area contributed by atoms with E-state index in [1.807, 2.05) is 0 Å². The minimum atomic E-state index is -0.539. The zero-order valence-corrected chi connectivity index (χ0v) is 12.0. The molecule has 1 aromatic heterocycles. The second kappa shape index (κ2) is 5.45. The van der Waals surface area contributed by atoms with Crippen LogP contribution >= 0.6 is 11.6 Å². The van der Waals surface area contributed by atoms with Gasteiger partial charge < -0.3 is 4.90 Å². The van der Waals surface area contributed by atoms with Crippen LogP contribution in [-0.2, 0) is 0 Å². The van der Waals surface area contributed by atoms with E-state index in [-0.39, 0.29) is 16.6 Å². The van der Waals surface area contributed by atoms with Gasteiger partial charge in [-0.2, -0.15) is 0 Å². The number of hydrogen-bond donors (Lipinski definition) is 0. The monoisotopic (exact) mass is 284 g/mol. The van der Waals surface area contributed by atoms with Crippen LogP contribution in [0.15, 0.2) is 12.3 Å². The molecule has 0 unspecified atom stereocenters. The molecular formula is C14H18ClFN2O. The number of likely N-dealkylation sites (tertiary alicyclic amines) is 1. The average molecular weight is 285 g/mol. The van der Waals surface area contributed by atoms with E-state index in [2.05, 4.69) is 18.8 Å². The van der Waals surface area contributed by atoms with Crippen molar-refractivity contribution in [3.63, 3.8) is 0 Å². The highest BCUT2D eigenvalue weighted by molar-refractivity contribution is 6.32. The number of carbonyl (C=O) groups excluding carboxylic acids is 1. The molecule has 2 heterocycles. The van der Waals surface area contributed by atoms with E-state index in [9.17, 15) is 9.18 Å². The third kappa shape index (κ3) is 3.06. The highest BCUT2D eigenvalue weighted by Crippen LogP contribution is 2.34. The lowest BCUT2D eigenvalue weighted by atomic mass is 9.78. The van der Waals surface area contributed by atoms with Gasteiger partial charge in [-0.1, -0.05) is 31.9 Å². The topological polar surface area (TPSA) is 33.2 Å². The molecule has 0 radical (unpaired) electrons. The summed E-state index contributed by atoms with van der Waals surface area (Å²) in [6.07, 6.45) is 4.06. The molecule has 0 bridgehead atoms. The van der Waals surface area contributed by atoms with Crippen LogP contribution in [0.2, 0.25) is 5.15 Å². The fourth-order valence-corrected chi connectivity index (χ4v) is 2.53. The summed E-state index contributed by atoms with van der Waals surface area (Å²) >= 11 is 5.87. The van der Waals surface area contributed by atoms with Crippen molar-refractivity contribution in [3.05, 3.63) is 28.8 Å². The third-order valence-corrected chi connectivity index (χ3v) is 4.45. The molecule has 1 fully saturated rings. The van der Waals surface area contributed by atoms with E-state index in [1.54, 1.807) is 4.90 Å². The van der Waals surface area contributed by atoms with Crippen molar-refractivity contribution in [2.45, 2.75) is 33.1 Å². The molecule has 0 N–H and O–H groups in total. The smallest absolute Gasteiger partial charge is 0.257 e. The van der Waals surface area contributed by atoms with Gasteiger partial charge in [0.05, 0.1) is 11.8 Å². The molecule has 1 aromatic rings. The van der Waals surface area contributed by atoms with Gasteiger partial charge in [-0.3, -0.25) is 4.79 Å². The summed E-state index contributed by atoms with van der Waals surface area (Å²) in [5, 5.41) is 0.0650. The molecule has 0 atom stereocenters. The molecule has 5 heteroatoms. The lowest BCUT2D eigenvalue weighted by molar-refractivity contribution is 0.0599. The number of hydrogen-bond acceptors (Lipinski definition) is 2. The first kappa shape index (κ1) is 14.3. The van der Waals surface area contributed by atoms with Crippen LogP contribution in [0.5, 0.6) is 0 Å². The summed E-state index contributed by atoms with van der Waals surface area (Å²) in [5.74, 6) is -0.765. The van der Waals surface area contributed by atoms with Gasteiger partial charge >= 0.3 is 0 Å². The summed E-state index contributed by atoms with van der Waals surface area (Å²) in [6.45, 7) is 5.79. The minimum absolute atomic E-state index is 0.0650. The summed E-state index contributed by atoms with van der Waals surface area (Å²) in [6, 6.07) is 1.16. The number of nitrogens with zero attached hydrogens (tertiary/aromatic N) is 2. The fourth-order valence-electron chi connectivity index (χ4n) is 2.35. The average Bonchev–Trinajstić information content (AvgIpc) is 2.42. The SMILES string of the molecule is CCC1(C)CCN(C(=O)c2cc(F)cnc2Cl)CC1. The standard InChI is InChI=1S/C14H18ClFN2O/c1-3-14(2)4-6-18(7-5-14)13(19)11-8-10(16)9-17-12(11)15/h8-9H,3-7H2,1-2H3. The Morgan fingerprint density at radius 2 is 2.16 bits per heavy atom. The lowest BCUT2D eigenvalue weighted by Crippen LogP contribution is -2.42. The molecule has 2 rings (SSSR count). The second-order valence-electron chi connectivity index (χ2n) is 5.45. The van der Waals surface area contributed by atoms with Crippen molar-refractivity contribution < 1.29 is 9.18 Å². The highest BCUT2D eigenvalue weighted by Gasteiger charge is 2.31. The Balaban J connectivity index is 2.11. The third-order valence-electron chi connectivity index (χ3n) is 4.15. The van der Waals surface area contributed by atoms with Crippen molar-refractivity contribution in [1.82, 2.24) is 9.88 Å². The lowest BCUT2D eigenvalue weighted by Gasteiger charge is -2.39. The van der Waals surface area contributed by atoms with Gasteiger partial charge in [0, 0.05) is 13.1 Å². The summed E-state index contributed by atoms with van der Waals surface area (Å²) < 4.78 is 13.2. The minimum Gasteiger partial charge on any atom is -0.339 e. The highest BCUT2D eigenvalue weighted by atomic mass is 35.5. The normalized spacial score (nSPS) is 18.4. The molecule has 3 nitrogen and oxygen atoms in total. The molecule has 1 aliphatic rings. The Kier molecular flexibility index (Phi) is 4.09. The van der Waals surface area contributed by atoms with Crippen molar-refractivity contribution in [1.29, 1.82) is 0 Å². The Morgan fingerprint density at radius 3 is 2.74 bits per heavy atom. The number of pyridine rings is 1. The first-order valence-corrected chi connectivity index (χ1v) is 6.93. The van der Waals surface area contributed by atoms with Crippen LogP contribution in [0.4, 0.5) is 4.39 Å². The number of amides is 1. The van der Waals surface area contributed by atoms with Crippen molar-refractivity contribution in [3.8, 4) is 0 Å². The maximum absolute atomic E-state index is 13.2. The maximum Gasteiger partial charge on any atom is 0.257 e. The van der Waals surface area contributed by atoms with Gasteiger partial charge in [-0.05, 0) is 24.3 Å². The molecule has 1 aliphatic heterocycles. The molecule has 0 spiro atoms. The van der Waals surface area contributed by atoms with Crippen molar-refractivity contribution in [2.75, 3.05) is 13.1 Å². The molecule has 19 heavy (non-hydrogen) atoms. The van der Waals surface area contributed by atoms with Gasteiger partial charge in [0.25, 0.3) is 5.91 Å². The summed E-state index contributed by atoms with van der Waals surface area (Å²) in [5.41, 5.74) is 0.461. The molecule has 104 valence electrons. The van der Waals surface area contributed by atoms with Gasteiger partial charge in [0.2, 0.25) is 0 Å². The Morgan fingerprint density at radius 1 is 1.53 bits per heavy atom. The van der Waals surface area contributed by atoms with E-state index < -0.39 is 5.82 Å². The first-order chi connectivity index (χ1) is 8.95. The first-order valence-electron chi connectivity index (χ1n) is 6.55. The van der Waals surface area contributed by atoms with Crippen LogP contribution in [0.3, 0.4) is 0 Å². The van der Waals surface area contributed by atoms with Crippen LogP contribution in [0.25, 0.3) is 0 Å². The Labute approximate surface area is 117 Å². The van der Waals surface area contributed by atoms with E-state index in [1.165, 1.54) is 0 Å². The number of rotatable bonds is 2. The predicted molar refractivity (Wildman–Crippen MR) is 72.7 cm³/mol. The number of piperidine rings is 1. The quantitative estimate of drug-likeness (QED) is 0.779.